The Balaban J connectivity index is 1.54. The molecule has 1 aliphatic rings. The van der Waals surface area contributed by atoms with Gasteiger partial charge in [-0.1, -0.05) is 5.16 Å². The number of methoxy groups -OCH3 is 2. The van der Waals surface area contributed by atoms with E-state index in [2.05, 4.69) is 15.4 Å². The molecule has 1 aromatic heterocycles. The zero-order valence-corrected chi connectivity index (χ0v) is 15.2. The quantitative estimate of drug-likeness (QED) is 0.818. The fourth-order valence-corrected chi connectivity index (χ4v) is 3.29. The average Bonchev–Trinajstić information content (AvgIpc) is 3.19. The smallest absolute Gasteiger partial charge is 0.251 e. The largest absolute Gasteiger partial charge is 0.497 e. The number of carbonyl (C=O) groups excluding carboxylic acids is 1. The van der Waals surface area contributed by atoms with Crippen molar-refractivity contribution >= 4 is 5.91 Å². The molecule has 1 atom stereocenters. The Kier molecular flexibility index (Phi) is 6.12. The lowest BCUT2D eigenvalue weighted by Crippen LogP contribution is -2.40. The minimum atomic E-state index is -0.115. The molecule has 7 nitrogen and oxygen atoms in total. The monoisotopic (exact) mass is 359 g/mol. The van der Waals surface area contributed by atoms with Crippen molar-refractivity contribution < 1.29 is 18.8 Å². The lowest BCUT2D eigenvalue weighted by atomic mass is 9.97. The Morgan fingerprint density at radius 1 is 1.31 bits per heavy atom. The number of nitrogens with zero attached hydrogens (tertiary/aromatic N) is 2. The summed E-state index contributed by atoms with van der Waals surface area (Å²) >= 11 is 0. The van der Waals surface area contributed by atoms with Crippen LogP contribution in [0.3, 0.4) is 0 Å². The molecule has 0 radical (unpaired) electrons. The highest BCUT2D eigenvalue weighted by Crippen LogP contribution is 2.23. The Hall–Kier alpha value is -2.54. The molecule has 7 heteroatoms. The zero-order chi connectivity index (χ0) is 18.4. The van der Waals surface area contributed by atoms with Gasteiger partial charge in [0.05, 0.1) is 19.9 Å². The van der Waals surface area contributed by atoms with E-state index in [1.807, 2.05) is 6.07 Å². The topological polar surface area (TPSA) is 76.8 Å². The maximum Gasteiger partial charge on any atom is 0.251 e. The highest BCUT2D eigenvalue weighted by atomic mass is 16.5. The van der Waals surface area contributed by atoms with Crippen molar-refractivity contribution in [2.75, 3.05) is 33.9 Å². The maximum atomic E-state index is 12.5. The first-order valence-corrected chi connectivity index (χ1v) is 8.81. The van der Waals surface area contributed by atoms with Crippen LogP contribution in [0, 0.1) is 5.92 Å². The summed E-state index contributed by atoms with van der Waals surface area (Å²) in [5.74, 6) is 1.51. The lowest BCUT2D eigenvalue weighted by molar-refractivity contribution is 0.0929. The molecule has 2 heterocycles. The van der Waals surface area contributed by atoms with E-state index in [-0.39, 0.29) is 5.91 Å². The summed E-state index contributed by atoms with van der Waals surface area (Å²) in [6.07, 6.45) is 3.82. The van der Waals surface area contributed by atoms with Gasteiger partial charge in [0.25, 0.3) is 5.91 Å². The van der Waals surface area contributed by atoms with Crippen LogP contribution in [0.1, 0.15) is 28.9 Å². The normalized spacial score (nSPS) is 17.7. The Morgan fingerprint density at radius 2 is 2.08 bits per heavy atom. The second kappa shape index (κ2) is 8.71. The van der Waals surface area contributed by atoms with Crippen LogP contribution in [0.5, 0.6) is 11.5 Å². The SMILES string of the molecule is COc1cc(OC)cc(C(=O)NC[C@@H]2CCCN(Cc3ccon3)C2)c1. The molecule has 1 N–H and O–H groups in total. The van der Waals surface area contributed by atoms with E-state index in [9.17, 15) is 4.79 Å². The van der Waals surface area contributed by atoms with E-state index >= 15 is 0 Å². The first kappa shape index (κ1) is 18.3. The Bertz CT molecular complexity index is 695. The van der Waals surface area contributed by atoms with Crippen molar-refractivity contribution in [2.45, 2.75) is 19.4 Å². The van der Waals surface area contributed by atoms with Crippen LogP contribution in [0.4, 0.5) is 0 Å². The van der Waals surface area contributed by atoms with E-state index in [0.29, 0.717) is 29.5 Å². The number of benzene rings is 1. The van der Waals surface area contributed by atoms with Crippen molar-refractivity contribution in [1.29, 1.82) is 0 Å². The van der Waals surface area contributed by atoms with Gasteiger partial charge in [-0.15, -0.1) is 0 Å². The highest BCUT2D eigenvalue weighted by Gasteiger charge is 2.21. The number of piperidine rings is 1. The van der Waals surface area contributed by atoms with E-state index < -0.39 is 0 Å². The van der Waals surface area contributed by atoms with Crippen LogP contribution in [0.15, 0.2) is 35.1 Å². The van der Waals surface area contributed by atoms with Crippen LogP contribution in [0.2, 0.25) is 0 Å². The van der Waals surface area contributed by atoms with E-state index in [0.717, 1.165) is 38.2 Å². The Labute approximate surface area is 153 Å². The third-order valence-electron chi connectivity index (χ3n) is 4.64. The van der Waals surface area contributed by atoms with E-state index in [4.69, 9.17) is 14.0 Å². The molecular weight excluding hydrogens is 334 g/mol. The molecule has 1 fully saturated rings. The van der Waals surface area contributed by atoms with Gasteiger partial charge in [-0.25, -0.2) is 0 Å². The van der Waals surface area contributed by atoms with Gasteiger partial charge in [-0.2, -0.15) is 0 Å². The van der Waals surface area contributed by atoms with Crippen molar-refractivity contribution in [3.05, 3.63) is 41.8 Å². The second-order valence-electron chi connectivity index (χ2n) is 6.55. The summed E-state index contributed by atoms with van der Waals surface area (Å²) in [5, 5.41) is 7.01. The van der Waals surface area contributed by atoms with Crippen molar-refractivity contribution in [3.8, 4) is 11.5 Å². The van der Waals surface area contributed by atoms with E-state index in [1.165, 1.54) is 0 Å². The molecule has 3 rings (SSSR count). The third kappa shape index (κ3) is 4.76. The molecule has 2 aromatic rings. The van der Waals surface area contributed by atoms with Gasteiger partial charge in [0.15, 0.2) is 0 Å². The van der Waals surface area contributed by atoms with Crippen LogP contribution < -0.4 is 14.8 Å². The Morgan fingerprint density at radius 3 is 2.73 bits per heavy atom. The molecule has 1 aliphatic heterocycles. The average molecular weight is 359 g/mol. The number of hydrogen-bond donors (Lipinski definition) is 1. The van der Waals surface area contributed by atoms with Gasteiger partial charge in [0.1, 0.15) is 17.8 Å². The van der Waals surface area contributed by atoms with E-state index in [1.54, 1.807) is 38.7 Å². The molecule has 0 unspecified atom stereocenters. The third-order valence-corrected chi connectivity index (χ3v) is 4.64. The predicted octanol–water partition coefficient (Wildman–Crippen LogP) is 2.33. The van der Waals surface area contributed by atoms with Gasteiger partial charge in [0.2, 0.25) is 0 Å². The summed E-state index contributed by atoms with van der Waals surface area (Å²) in [6, 6.07) is 7.08. The standard InChI is InChI=1S/C19H25N3O4/c1-24-17-8-15(9-18(10-17)25-2)19(23)20-11-14-4-3-6-22(12-14)13-16-5-7-26-21-16/h5,7-10,14H,3-4,6,11-13H2,1-2H3,(H,20,23)/t14-/m0/s1. The molecule has 0 spiro atoms. The van der Waals surface area contributed by atoms with Gasteiger partial charge in [-0.05, 0) is 37.4 Å². The van der Waals surface area contributed by atoms with Crippen molar-refractivity contribution in [3.63, 3.8) is 0 Å². The highest BCUT2D eigenvalue weighted by molar-refractivity contribution is 5.95. The molecule has 0 bridgehead atoms. The molecule has 1 saturated heterocycles. The molecule has 0 saturated carbocycles. The fraction of sp³-hybridized carbons (Fsp3) is 0.474. The minimum Gasteiger partial charge on any atom is -0.497 e. The number of nitrogens with one attached hydrogen (secondary N) is 1. The number of rotatable bonds is 7. The van der Waals surface area contributed by atoms with Gasteiger partial charge in [0, 0.05) is 37.3 Å². The van der Waals surface area contributed by atoms with Crippen LogP contribution in [0.25, 0.3) is 0 Å². The van der Waals surface area contributed by atoms with Crippen molar-refractivity contribution in [2.24, 2.45) is 5.92 Å². The first-order chi connectivity index (χ1) is 12.7. The molecule has 0 aliphatic carbocycles. The summed E-state index contributed by atoms with van der Waals surface area (Å²) in [6.45, 7) is 3.42. The molecule has 1 amide bonds. The number of aromatic nitrogens is 1. The molecule has 26 heavy (non-hydrogen) atoms. The van der Waals surface area contributed by atoms with Crippen molar-refractivity contribution in [1.82, 2.24) is 15.4 Å². The molecule has 1 aromatic carbocycles. The number of hydrogen-bond acceptors (Lipinski definition) is 6. The van der Waals surface area contributed by atoms with Crippen LogP contribution in [-0.4, -0.2) is 49.8 Å². The summed E-state index contributed by atoms with van der Waals surface area (Å²) in [4.78, 5) is 14.9. The molecule has 140 valence electrons. The first-order valence-electron chi connectivity index (χ1n) is 8.81. The van der Waals surface area contributed by atoms with Gasteiger partial charge < -0.3 is 19.3 Å². The summed E-state index contributed by atoms with van der Waals surface area (Å²) < 4.78 is 15.3. The fourth-order valence-electron chi connectivity index (χ4n) is 3.29. The summed E-state index contributed by atoms with van der Waals surface area (Å²) in [5.41, 5.74) is 1.48. The number of likely N-dealkylation sites (tertiary alicyclic amines) is 1. The van der Waals surface area contributed by atoms with Gasteiger partial charge >= 0.3 is 0 Å². The predicted molar refractivity (Wildman–Crippen MR) is 96.4 cm³/mol. The zero-order valence-electron chi connectivity index (χ0n) is 15.2. The van der Waals surface area contributed by atoms with Crippen LogP contribution in [-0.2, 0) is 6.54 Å². The minimum absolute atomic E-state index is 0.115. The number of amides is 1. The number of ether oxygens (including phenoxy) is 2. The maximum absolute atomic E-state index is 12.5. The summed E-state index contributed by atoms with van der Waals surface area (Å²) in [7, 11) is 3.14. The van der Waals surface area contributed by atoms with Gasteiger partial charge in [-0.3, -0.25) is 9.69 Å². The lowest BCUT2D eigenvalue weighted by Gasteiger charge is -2.32. The van der Waals surface area contributed by atoms with Crippen LogP contribution >= 0.6 is 0 Å². The molecular formula is C19H25N3O4. The second-order valence-corrected chi connectivity index (χ2v) is 6.55. The number of carbonyl (C=O) groups is 1.